The van der Waals surface area contributed by atoms with E-state index in [0.29, 0.717) is 22.2 Å². The number of fused-ring (bicyclic) bond motifs is 2. The molecular formula is C28H22ClN7O. The molecule has 0 saturated carbocycles. The fraction of sp³-hybridized carbons (Fsp3) is 0.107. The van der Waals surface area contributed by atoms with Crippen LogP contribution in [0.3, 0.4) is 0 Å². The van der Waals surface area contributed by atoms with E-state index in [1.807, 2.05) is 80.8 Å². The van der Waals surface area contributed by atoms with E-state index in [2.05, 4.69) is 25.4 Å². The van der Waals surface area contributed by atoms with Crippen molar-refractivity contribution in [1.82, 2.24) is 29.3 Å². The summed E-state index contributed by atoms with van der Waals surface area (Å²) in [6, 6.07) is 20.8. The maximum absolute atomic E-state index is 14.2. The van der Waals surface area contributed by atoms with Gasteiger partial charge in [-0.05, 0) is 59.8 Å². The number of nitrogens with zero attached hydrogens (tertiary/aromatic N) is 6. The maximum atomic E-state index is 14.2. The van der Waals surface area contributed by atoms with Crippen molar-refractivity contribution < 1.29 is 0 Å². The highest BCUT2D eigenvalue weighted by molar-refractivity contribution is 6.28. The zero-order valence-electron chi connectivity index (χ0n) is 20.1. The van der Waals surface area contributed by atoms with Crippen molar-refractivity contribution in [2.75, 3.05) is 5.32 Å². The number of hydrogen-bond acceptors (Lipinski definition) is 6. The Morgan fingerprint density at radius 1 is 1.00 bits per heavy atom. The summed E-state index contributed by atoms with van der Waals surface area (Å²) in [5, 5.41) is 9.32. The van der Waals surface area contributed by atoms with Crippen molar-refractivity contribution in [3.63, 3.8) is 0 Å². The average Bonchev–Trinajstić information content (AvgIpc) is 3.34. The summed E-state index contributed by atoms with van der Waals surface area (Å²) in [4.78, 5) is 27.3. The molecule has 4 heterocycles. The lowest BCUT2D eigenvalue weighted by atomic mass is 9.99. The van der Waals surface area contributed by atoms with Gasteiger partial charge >= 0.3 is 0 Å². The SMILES string of the molecule is CC(Nc1nc(Cl)nc2cccnc12)c1cc2cccc(-c3cnn(C)c3)c2c(=O)n1-c1ccccc1. The van der Waals surface area contributed by atoms with Crippen LogP contribution in [0.5, 0.6) is 0 Å². The fourth-order valence-electron chi connectivity index (χ4n) is 4.66. The van der Waals surface area contributed by atoms with Gasteiger partial charge in [0.1, 0.15) is 5.52 Å². The van der Waals surface area contributed by atoms with Gasteiger partial charge in [-0.1, -0.05) is 36.4 Å². The van der Waals surface area contributed by atoms with E-state index in [-0.39, 0.29) is 16.9 Å². The number of para-hydroxylation sites is 1. The minimum atomic E-state index is -0.324. The first-order chi connectivity index (χ1) is 18.0. The Morgan fingerprint density at radius 3 is 2.62 bits per heavy atom. The number of aromatic nitrogens is 6. The molecule has 8 nitrogen and oxygen atoms in total. The molecule has 0 aliphatic carbocycles. The summed E-state index contributed by atoms with van der Waals surface area (Å²) in [5.74, 6) is 0.499. The summed E-state index contributed by atoms with van der Waals surface area (Å²) in [5.41, 5.74) is 4.38. The third kappa shape index (κ3) is 4.11. The van der Waals surface area contributed by atoms with Gasteiger partial charge < -0.3 is 5.32 Å². The molecule has 0 saturated heterocycles. The number of hydrogen-bond donors (Lipinski definition) is 1. The Morgan fingerprint density at radius 2 is 1.84 bits per heavy atom. The van der Waals surface area contributed by atoms with Gasteiger partial charge in [-0.3, -0.25) is 19.0 Å². The van der Waals surface area contributed by atoms with Gasteiger partial charge in [0.2, 0.25) is 5.28 Å². The Hall–Kier alpha value is -4.56. The van der Waals surface area contributed by atoms with Gasteiger partial charge in [0, 0.05) is 36.4 Å². The Labute approximate surface area is 217 Å². The van der Waals surface area contributed by atoms with Crippen molar-refractivity contribution >= 4 is 39.2 Å². The molecule has 9 heteroatoms. The molecule has 0 bridgehead atoms. The largest absolute Gasteiger partial charge is 0.360 e. The van der Waals surface area contributed by atoms with Gasteiger partial charge in [0.25, 0.3) is 5.56 Å². The predicted molar refractivity (Wildman–Crippen MR) is 146 cm³/mol. The molecule has 1 N–H and O–H groups in total. The van der Waals surface area contributed by atoms with Crippen LogP contribution in [0.2, 0.25) is 5.28 Å². The fourth-order valence-corrected chi connectivity index (χ4v) is 4.84. The third-order valence-electron chi connectivity index (χ3n) is 6.33. The lowest BCUT2D eigenvalue weighted by molar-refractivity contribution is 0.768. The summed E-state index contributed by atoms with van der Waals surface area (Å²) in [6.07, 6.45) is 5.37. The first-order valence-corrected chi connectivity index (χ1v) is 12.2. The highest BCUT2D eigenvalue weighted by Crippen LogP contribution is 2.30. The lowest BCUT2D eigenvalue weighted by Crippen LogP contribution is -2.26. The highest BCUT2D eigenvalue weighted by atomic mass is 35.5. The van der Waals surface area contributed by atoms with E-state index in [0.717, 1.165) is 27.9 Å². The van der Waals surface area contributed by atoms with Crippen molar-refractivity contribution in [1.29, 1.82) is 0 Å². The molecule has 0 aliphatic rings. The van der Waals surface area contributed by atoms with Crippen LogP contribution in [0, 0.1) is 0 Å². The normalized spacial score (nSPS) is 12.2. The van der Waals surface area contributed by atoms with Crippen LogP contribution in [0.25, 0.3) is 38.6 Å². The first-order valence-electron chi connectivity index (χ1n) is 11.8. The number of aryl methyl sites for hydroxylation is 1. The smallest absolute Gasteiger partial charge is 0.263 e. The van der Waals surface area contributed by atoms with E-state index in [1.54, 1.807) is 27.7 Å². The van der Waals surface area contributed by atoms with Gasteiger partial charge in [0.15, 0.2) is 5.82 Å². The zero-order chi connectivity index (χ0) is 25.5. The van der Waals surface area contributed by atoms with E-state index < -0.39 is 0 Å². The van der Waals surface area contributed by atoms with Crippen molar-refractivity contribution in [3.05, 3.63) is 107 Å². The monoisotopic (exact) mass is 507 g/mol. The zero-order valence-corrected chi connectivity index (χ0v) is 20.9. The topological polar surface area (TPSA) is 90.5 Å². The van der Waals surface area contributed by atoms with Crippen LogP contribution < -0.4 is 10.9 Å². The maximum Gasteiger partial charge on any atom is 0.263 e. The molecule has 182 valence electrons. The Bertz CT molecular complexity index is 1830. The van der Waals surface area contributed by atoms with Crippen LogP contribution in [0.4, 0.5) is 5.82 Å². The van der Waals surface area contributed by atoms with Crippen LogP contribution in [-0.4, -0.2) is 29.3 Å². The molecule has 37 heavy (non-hydrogen) atoms. The second-order valence-corrected chi connectivity index (χ2v) is 9.13. The van der Waals surface area contributed by atoms with Crippen LogP contribution in [0.15, 0.2) is 90.1 Å². The minimum absolute atomic E-state index is 0.115. The Kier molecular flexibility index (Phi) is 5.65. The number of halogens is 1. The van der Waals surface area contributed by atoms with E-state index in [1.165, 1.54) is 0 Å². The molecule has 0 fully saturated rings. The number of pyridine rings is 2. The molecular weight excluding hydrogens is 486 g/mol. The van der Waals surface area contributed by atoms with Gasteiger partial charge in [0.05, 0.1) is 23.1 Å². The summed E-state index contributed by atoms with van der Waals surface area (Å²) >= 11 is 6.21. The van der Waals surface area contributed by atoms with Crippen LogP contribution in [-0.2, 0) is 7.05 Å². The number of benzene rings is 2. The molecule has 1 unspecified atom stereocenters. The van der Waals surface area contributed by atoms with E-state index in [4.69, 9.17) is 11.6 Å². The molecule has 0 aliphatic heterocycles. The predicted octanol–water partition coefficient (Wildman–Crippen LogP) is 5.56. The van der Waals surface area contributed by atoms with Gasteiger partial charge in [-0.2, -0.15) is 10.1 Å². The highest BCUT2D eigenvalue weighted by Gasteiger charge is 2.20. The molecule has 6 aromatic rings. The van der Waals surface area contributed by atoms with E-state index >= 15 is 0 Å². The van der Waals surface area contributed by atoms with Gasteiger partial charge in [-0.25, -0.2) is 4.98 Å². The van der Waals surface area contributed by atoms with Crippen molar-refractivity contribution in [2.24, 2.45) is 7.05 Å². The third-order valence-corrected chi connectivity index (χ3v) is 6.50. The van der Waals surface area contributed by atoms with Crippen LogP contribution in [0.1, 0.15) is 18.7 Å². The van der Waals surface area contributed by atoms with Crippen molar-refractivity contribution in [2.45, 2.75) is 13.0 Å². The molecule has 0 spiro atoms. The lowest BCUT2D eigenvalue weighted by Gasteiger charge is -2.22. The van der Waals surface area contributed by atoms with Crippen molar-refractivity contribution in [3.8, 4) is 16.8 Å². The number of nitrogens with one attached hydrogen (secondary N) is 1. The van der Waals surface area contributed by atoms with Gasteiger partial charge in [-0.15, -0.1) is 0 Å². The quantitative estimate of drug-likeness (QED) is 0.307. The summed E-state index contributed by atoms with van der Waals surface area (Å²) in [6.45, 7) is 1.98. The second-order valence-electron chi connectivity index (χ2n) is 8.80. The summed E-state index contributed by atoms with van der Waals surface area (Å²) < 4.78 is 3.48. The summed E-state index contributed by atoms with van der Waals surface area (Å²) in [7, 11) is 1.86. The minimum Gasteiger partial charge on any atom is -0.360 e. The van der Waals surface area contributed by atoms with E-state index in [9.17, 15) is 4.79 Å². The molecule has 0 amide bonds. The first kappa shape index (κ1) is 22.9. The van der Waals surface area contributed by atoms with Crippen LogP contribution >= 0.6 is 11.6 Å². The second kappa shape index (κ2) is 9.15. The number of anilines is 1. The molecule has 0 radical (unpaired) electrons. The Balaban J connectivity index is 1.57. The molecule has 1 atom stereocenters. The molecule has 2 aromatic carbocycles. The standard InChI is InChI=1S/C28H22ClN7O/c1-17(32-26-25-22(12-7-13-30-25)33-28(29)34-26)23-14-18-8-6-11-21(19-15-31-35(2)16-19)24(18)27(37)36(23)20-9-4-3-5-10-20/h3-17H,1-2H3,(H,32,33,34). The molecule has 4 aromatic heterocycles. The molecule has 6 rings (SSSR count). The number of rotatable bonds is 5. The average molecular weight is 508 g/mol.